The Morgan fingerprint density at radius 1 is 1.12 bits per heavy atom. The van der Waals surface area contributed by atoms with Crippen molar-refractivity contribution in [3.05, 3.63) is 63.7 Å². The molecule has 10 heteroatoms. The van der Waals surface area contributed by atoms with Crippen LogP contribution in [0.5, 0.6) is 0 Å². The molecule has 0 saturated carbocycles. The average molecular weight is 470 g/mol. The molecular formula is C23H25F2N7S. The number of thiophene rings is 1. The number of amidine groups is 1. The summed E-state index contributed by atoms with van der Waals surface area (Å²) in [6.07, 6.45) is 4.00. The third kappa shape index (κ3) is 3.94. The SMILES string of the molecule is Cc1ccc(N2NNN=C2c2cc(-c3cc(C4CCNCC4)c(C)s3)cnc2N)c(F)c1F. The van der Waals surface area contributed by atoms with Crippen molar-refractivity contribution in [2.45, 2.75) is 32.6 Å². The summed E-state index contributed by atoms with van der Waals surface area (Å²) < 4.78 is 28.9. The first-order chi connectivity index (χ1) is 15.9. The minimum absolute atomic E-state index is 0.00758. The van der Waals surface area contributed by atoms with E-state index in [9.17, 15) is 8.78 Å². The Morgan fingerprint density at radius 2 is 1.91 bits per heavy atom. The van der Waals surface area contributed by atoms with E-state index < -0.39 is 11.6 Å². The van der Waals surface area contributed by atoms with Crippen molar-refractivity contribution >= 4 is 28.7 Å². The molecular weight excluding hydrogens is 444 g/mol. The molecule has 0 amide bonds. The molecule has 0 radical (unpaired) electrons. The third-order valence-corrected chi connectivity index (χ3v) is 7.33. The number of aryl methyl sites for hydroxylation is 2. The Bertz CT molecular complexity index is 1230. The topological polar surface area (TPSA) is 90.6 Å². The van der Waals surface area contributed by atoms with Gasteiger partial charge in [0, 0.05) is 21.5 Å². The normalized spacial score (nSPS) is 16.7. The van der Waals surface area contributed by atoms with Crippen molar-refractivity contribution in [3.63, 3.8) is 0 Å². The van der Waals surface area contributed by atoms with E-state index in [1.165, 1.54) is 34.5 Å². The molecule has 0 unspecified atom stereocenters. The maximum Gasteiger partial charge on any atom is 0.184 e. The van der Waals surface area contributed by atoms with Crippen molar-refractivity contribution in [1.82, 2.24) is 21.4 Å². The Labute approximate surface area is 194 Å². The zero-order valence-corrected chi connectivity index (χ0v) is 19.2. The van der Waals surface area contributed by atoms with Crippen molar-refractivity contribution in [3.8, 4) is 10.4 Å². The largest absolute Gasteiger partial charge is 0.383 e. The van der Waals surface area contributed by atoms with Crippen LogP contribution in [0, 0.1) is 25.5 Å². The Kier molecular flexibility index (Phi) is 5.73. The second-order valence-electron chi connectivity index (χ2n) is 8.33. The van der Waals surface area contributed by atoms with Gasteiger partial charge in [-0.05, 0) is 75.0 Å². The standard InChI is InChI=1S/C23H25F2N7S/c1-12-3-4-18(21(25)20(12)24)32-23(29-30-31-32)17-9-15(11-28-22(17)26)19-10-16(13(2)33-19)14-5-7-27-8-6-14/h3-4,9-11,14,27,30-31H,5-8H2,1-2H3,(H2,26,28). The number of benzene rings is 1. The van der Waals surface area contributed by atoms with Gasteiger partial charge in [-0.15, -0.1) is 22.0 Å². The van der Waals surface area contributed by atoms with Gasteiger partial charge in [0.25, 0.3) is 0 Å². The van der Waals surface area contributed by atoms with Crippen LogP contribution in [0.15, 0.2) is 35.6 Å². The van der Waals surface area contributed by atoms with E-state index in [4.69, 9.17) is 5.73 Å². The molecule has 4 heterocycles. The van der Waals surface area contributed by atoms with Crippen LogP contribution >= 0.6 is 11.3 Å². The predicted octanol–water partition coefficient (Wildman–Crippen LogP) is 3.95. The molecule has 0 bridgehead atoms. The maximum absolute atomic E-state index is 14.7. The second kappa shape index (κ2) is 8.69. The summed E-state index contributed by atoms with van der Waals surface area (Å²) in [7, 11) is 0. The third-order valence-electron chi connectivity index (χ3n) is 6.21. The van der Waals surface area contributed by atoms with Gasteiger partial charge in [0.05, 0.1) is 5.56 Å². The summed E-state index contributed by atoms with van der Waals surface area (Å²) in [5.74, 6) is -0.773. The number of pyridine rings is 1. The van der Waals surface area contributed by atoms with Crippen molar-refractivity contribution < 1.29 is 8.78 Å². The fraction of sp³-hybridized carbons (Fsp3) is 0.304. The maximum atomic E-state index is 14.7. The number of nitrogens with one attached hydrogen (secondary N) is 3. The van der Waals surface area contributed by atoms with Crippen LogP contribution in [0.4, 0.5) is 20.3 Å². The molecule has 1 aromatic carbocycles. The lowest BCUT2D eigenvalue weighted by molar-refractivity contribution is 0.460. The lowest BCUT2D eigenvalue weighted by Crippen LogP contribution is -2.42. The molecule has 5 N–H and O–H groups in total. The van der Waals surface area contributed by atoms with Crippen LogP contribution in [-0.2, 0) is 0 Å². The van der Waals surface area contributed by atoms with Gasteiger partial charge in [-0.2, -0.15) is 0 Å². The highest BCUT2D eigenvalue weighted by Gasteiger charge is 2.28. The summed E-state index contributed by atoms with van der Waals surface area (Å²) in [5, 5.41) is 8.96. The smallest absolute Gasteiger partial charge is 0.184 e. The quantitative estimate of drug-likeness (QED) is 0.463. The first-order valence-electron chi connectivity index (χ1n) is 10.8. The predicted molar refractivity (Wildman–Crippen MR) is 128 cm³/mol. The molecule has 33 heavy (non-hydrogen) atoms. The van der Waals surface area contributed by atoms with E-state index in [2.05, 4.69) is 39.5 Å². The molecule has 0 atom stereocenters. The number of hydrogen-bond donors (Lipinski definition) is 4. The first-order valence-corrected chi connectivity index (χ1v) is 11.7. The summed E-state index contributed by atoms with van der Waals surface area (Å²) in [4.78, 5) is 6.77. The van der Waals surface area contributed by atoms with Gasteiger partial charge in [-0.3, -0.25) is 0 Å². The number of hydrogen-bond acceptors (Lipinski definition) is 8. The highest BCUT2D eigenvalue weighted by Crippen LogP contribution is 2.38. The molecule has 7 nitrogen and oxygen atoms in total. The second-order valence-corrected chi connectivity index (χ2v) is 9.58. The highest BCUT2D eigenvalue weighted by atomic mass is 32.1. The fourth-order valence-corrected chi connectivity index (χ4v) is 5.45. The van der Waals surface area contributed by atoms with Gasteiger partial charge in [0.15, 0.2) is 17.5 Å². The number of nitrogens with two attached hydrogens (primary N) is 1. The number of rotatable bonds is 4. The monoisotopic (exact) mass is 469 g/mol. The zero-order valence-electron chi connectivity index (χ0n) is 18.4. The van der Waals surface area contributed by atoms with E-state index in [1.807, 2.05) is 6.07 Å². The number of nitrogens with zero attached hydrogens (tertiary/aromatic N) is 3. The van der Waals surface area contributed by atoms with Gasteiger partial charge in [0.1, 0.15) is 11.5 Å². The number of nitrogen functional groups attached to an aromatic ring is 1. The molecule has 0 aliphatic carbocycles. The molecule has 0 spiro atoms. The minimum Gasteiger partial charge on any atom is -0.383 e. The number of hydrazone groups is 1. The lowest BCUT2D eigenvalue weighted by atomic mass is 9.90. The Hall–Kier alpha value is -3.08. The molecule has 2 aliphatic rings. The van der Waals surface area contributed by atoms with Crippen LogP contribution in [-0.4, -0.2) is 23.9 Å². The number of hydrazine groups is 2. The van der Waals surface area contributed by atoms with Crippen molar-refractivity contribution in [2.75, 3.05) is 23.8 Å². The number of halogens is 2. The summed E-state index contributed by atoms with van der Waals surface area (Å²) in [5.41, 5.74) is 14.6. The van der Waals surface area contributed by atoms with E-state index in [0.717, 1.165) is 36.4 Å². The van der Waals surface area contributed by atoms with Crippen LogP contribution in [0.1, 0.15) is 40.3 Å². The minimum atomic E-state index is -0.970. The van der Waals surface area contributed by atoms with Gasteiger partial charge < -0.3 is 11.1 Å². The van der Waals surface area contributed by atoms with Gasteiger partial charge in [-0.1, -0.05) is 6.07 Å². The fourth-order valence-electron chi connectivity index (χ4n) is 4.36. The number of piperidine rings is 1. The molecule has 172 valence electrons. The Balaban J connectivity index is 1.50. The molecule has 2 aliphatic heterocycles. The molecule has 1 saturated heterocycles. The van der Waals surface area contributed by atoms with E-state index >= 15 is 0 Å². The molecule has 2 aromatic heterocycles. The highest BCUT2D eigenvalue weighted by molar-refractivity contribution is 7.15. The van der Waals surface area contributed by atoms with Crippen LogP contribution < -0.4 is 27.1 Å². The molecule has 1 fully saturated rings. The van der Waals surface area contributed by atoms with E-state index in [1.54, 1.807) is 17.5 Å². The summed E-state index contributed by atoms with van der Waals surface area (Å²) >= 11 is 1.73. The van der Waals surface area contributed by atoms with Crippen LogP contribution in [0.2, 0.25) is 0 Å². The van der Waals surface area contributed by atoms with Gasteiger partial charge in [0.2, 0.25) is 0 Å². The lowest BCUT2D eigenvalue weighted by Gasteiger charge is -2.22. The summed E-state index contributed by atoms with van der Waals surface area (Å²) in [6.45, 7) is 5.74. The van der Waals surface area contributed by atoms with E-state index in [0.29, 0.717) is 17.3 Å². The van der Waals surface area contributed by atoms with Crippen LogP contribution in [0.25, 0.3) is 10.4 Å². The van der Waals surface area contributed by atoms with Crippen molar-refractivity contribution in [2.24, 2.45) is 5.10 Å². The van der Waals surface area contributed by atoms with Crippen molar-refractivity contribution in [1.29, 1.82) is 0 Å². The number of aromatic nitrogens is 1. The zero-order chi connectivity index (χ0) is 23.1. The van der Waals surface area contributed by atoms with Gasteiger partial charge >= 0.3 is 0 Å². The van der Waals surface area contributed by atoms with Gasteiger partial charge in [-0.25, -0.2) is 24.3 Å². The first kappa shape index (κ1) is 21.7. The molecule has 3 aromatic rings. The molecule has 5 rings (SSSR count). The van der Waals surface area contributed by atoms with Crippen LogP contribution in [0.3, 0.4) is 0 Å². The van der Waals surface area contributed by atoms with E-state index in [-0.39, 0.29) is 17.1 Å². The number of anilines is 2. The average Bonchev–Trinajstić information content (AvgIpc) is 3.45. The summed E-state index contributed by atoms with van der Waals surface area (Å²) in [6, 6.07) is 7.14. The Morgan fingerprint density at radius 3 is 2.70 bits per heavy atom.